The van der Waals surface area contributed by atoms with Crippen molar-refractivity contribution in [3.05, 3.63) is 73.5 Å². The first-order chi connectivity index (χ1) is 15.3. The number of hydrogen-bond acceptors (Lipinski definition) is 6. The summed E-state index contributed by atoms with van der Waals surface area (Å²) in [5.74, 6) is 0.305. The van der Waals surface area contributed by atoms with Crippen molar-refractivity contribution in [1.82, 2.24) is 19.7 Å². The summed E-state index contributed by atoms with van der Waals surface area (Å²) in [6.45, 7) is 3.06. The number of rotatable bonds is 4. The number of nitrogens with one attached hydrogen (secondary N) is 1. The Balaban J connectivity index is 1.63. The maximum Gasteiger partial charge on any atom is 0.349 e. The van der Waals surface area contributed by atoms with Crippen molar-refractivity contribution in [2.45, 2.75) is 26.2 Å². The minimum Gasteiger partial charge on any atom is -0.507 e. The Morgan fingerprint density at radius 1 is 1.16 bits per heavy atom. The van der Waals surface area contributed by atoms with Crippen molar-refractivity contribution in [2.75, 3.05) is 13.1 Å². The number of phenolic OH excluding ortho intramolecular Hbond substituents is 1. The molecule has 1 aliphatic heterocycles. The van der Waals surface area contributed by atoms with Crippen molar-refractivity contribution in [3.63, 3.8) is 0 Å². The van der Waals surface area contributed by atoms with Gasteiger partial charge in [-0.2, -0.15) is 9.78 Å². The summed E-state index contributed by atoms with van der Waals surface area (Å²) in [4.78, 5) is 40.0. The van der Waals surface area contributed by atoms with Gasteiger partial charge in [0.1, 0.15) is 23.4 Å². The Bertz CT molecular complexity index is 1270. The molecule has 32 heavy (non-hydrogen) atoms. The number of benzene rings is 2. The lowest BCUT2D eigenvalue weighted by Gasteiger charge is -2.27. The van der Waals surface area contributed by atoms with Crippen LogP contribution in [-0.4, -0.2) is 43.8 Å². The Kier molecular flexibility index (Phi) is 6.00. The molecule has 3 aromatic rings. The molecule has 0 aliphatic carbocycles. The number of amides is 1. The monoisotopic (exact) mass is 456 g/mol. The molecule has 1 amide bonds. The molecule has 9 nitrogen and oxygen atoms in total. The maximum atomic E-state index is 12.8. The van der Waals surface area contributed by atoms with Crippen molar-refractivity contribution in [3.8, 4) is 22.9 Å². The number of aromatic nitrogens is 3. The molecule has 1 aliphatic rings. The lowest BCUT2D eigenvalue weighted by Crippen LogP contribution is -2.35. The van der Waals surface area contributed by atoms with Crippen LogP contribution in [0.1, 0.15) is 35.2 Å². The quantitative estimate of drug-likeness (QED) is 0.623. The number of halogens is 1. The highest BCUT2D eigenvalue weighted by Gasteiger charge is 2.22. The third-order valence-corrected chi connectivity index (χ3v) is 5.51. The number of H-pyrrole nitrogens is 1. The van der Waals surface area contributed by atoms with Crippen LogP contribution >= 0.6 is 11.6 Å². The molecule has 2 heterocycles. The second-order valence-electron chi connectivity index (χ2n) is 7.56. The Labute approximate surface area is 187 Å². The first-order valence-corrected chi connectivity index (χ1v) is 10.5. The van der Waals surface area contributed by atoms with Crippen molar-refractivity contribution in [1.29, 1.82) is 0 Å². The number of aromatic hydroxyl groups is 1. The smallest absolute Gasteiger partial charge is 0.349 e. The van der Waals surface area contributed by atoms with Gasteiger partial charge in [-0.3, -0.25) is 14.6 Å². The fraction of sp³-hybridized carbons (Fsp3) is 0.273. The molecule has 0 unspecified atom stereocenters. The van der Waals surface area contributed by atoms with Crippen LogP contribution in [0, 0.1) is 6.92 Å². The van der Waals surface area contributed by atoms with E-state index >= 15 is 0 Å². The first-order valence-electron chi connectivity index (χ1n) is 10.1. The molecule has 0 spiro atoms. The first kappa shape index (κ1) is 21.6. The van der Waals surface area contributed by atoms with Gasteiger partial charge in [0.2, 0.25) is 0 Å². The van der Waals surface area contributed by atoms with Crippen LogP contribution in [0.25, 0.3) is 5.69 Å². The lowest BCUT2D eigenvalue weighted by molar-refractivity contribution is 0.0721. The van der Waals surface area contributed by atoms with Crippen LogP contribution < -0.4 is 16.0 Å². The molecular formula is C22H21ClN4O5. The Morgan fingerprint density at radius 3 is 2.59 bits per heavy atom. The molecular weight excluding hydrogens is 436 g/mol. The number of likely N-dealkylation sites (tertiary alicyclic amines) is 1. The minimum absolute atomic E-state index is 0.116. The highest BCUT2D eigenvalue weighted by Crippen LogP contribution is 2.36. The third-order valence-electron chi connectivity index (χ3n) is 5.23. The standard InChI is InChI=1S/C22H21ClN4O5/c1-13-9-14(27-22(31)25-19(29)12-24-27)10-17(23)20(13)32-15-5-6-18(28)16(11-15)21(30)26-7-3-2-4-8-26/h5-6,9-12,28H,2-4,7-8H2,1H3,(H,25,29,31). The summed E-state index contributed by atoms with van der Waals surface area (Å²) in [5.41, 5.74) is -0.173. The van der Waals surface area contributed by atoms with Gasteiger partial charge < -0.3 is 14.7 Å². The molecule has 0 radical (unpaired) electrons. The predicted octanol–water partition coefficient (Wildman–Crippen LogP) is 3.01. The van der Waals surface area contributed by atoms with Gasteiger partial charge in [0.25, 0.3) is 11.5 Å². The van der Waals surface area contributed by atoms with Crippen LogP contribution in [0.2, 0.25) is 5.02 Å². The van der Waals surface area contributed by atoms with Gasteiger partial charge in [0.15, 0.2) is 0 Å². The number of carbonyl (C=O) groups is 1. The molecule has 0 saturated carbocycles. The molecule has 2 N–H and O–H groups in total. The normalized spacial score (nSPS) is 13.8. The zero-order chi connectivity index (χ0) is 22.8. The van der Waals surface area contributed by atoms with Crippen LogP contribution in [0.15, 0.2) is 46.1 Å². The average molecular weight is 457 g/mol. The maximum absolute atomic E-state index is 12.8. The Morgan fingerprint density at radius 2 is 1.91 bits per heavy atom. The molecule has 1 aromatic heterocycles. The van der Waals surface area contributed by atoms with Gasteiger partial charge in [-0.15, -0.1) is 0 Å². The minimum atomic E-state index is -0.693. The van der Waals surface area contributed by atoms with E-state index in [1.807, 2.05) is 0 Å². The highest BCUT2D eigenvalue weighted by molar-refractivity contribution is 6.32. The summed E-state index contributed by atoms with van der Waals surface area (Å²) in [6.07, 6.45) is 3.97. The summed E-state index contributed by atoms with van der Waals surface area (Å²) in [6, 6.07) is 7.56. The predicted molar refractivity (Wildman–Crippen MR) is 118 cm³/mol. The van der Waals surface area contributed by atoms with E-state index < -0.39 is 11.2 Å². The topological polar surface area (TPSA) is 118 Å². The zero-order valence-electron chi connectivity index (χ0n) is 17.3. The number of phenols is 1. The van der Waals surface area contributed by atoms with E-state index in [-0.39, 0.29) is 22.2 Å². The molecule has 2 aromatic carbocycles. The average Bonchev–Trinajstić information content (AvgIpc) is 2.77. The second kappa shape index (κ2) is 8.88. The number of ether oxygens (including phenoxy) is 1. The van der Waals surface area contributed by atoms with Gasteiger partial charge in [-0.1, -0.05) is 11.6 Å². The number of piperidine rings is 1. The van der Waals surface area contributed by atoms with Gasteiger partial charge in [-0.25, -0.2) is 4.79 Å². The van der Waals surface area contributed by atoms with E-state index in [4.69, 9.17) is 16.3 Å². The van der Waals surface area contributed by atoms with E-state index in [9.17, 15) is 19.5 Å². The molecule has 4 rings (SSSR count). The van der Waals surface area contributed by atoms with Gasteiger partial charge >= 0.3 is 5.69 Å². The Hall–Kier alpha value is -3.59. The van der Waals surface area contributed by atoms with E-state index in [1.165, 1.54) is 18.2 Å². The molecule has 1 saturated heterocycles. The van der Waals surface area contributed by atoms with Crippen molar-refractivity contribution >= 4 is 17.5 Å². The second-order valence-corrected chi connectivity index (χ2v) is 7.97. The van der Waals surface area contributed by atoms with Crippen LogP contribution in [0.3, 0.4) is 0 Å². The molecule has 166 valence electrons. The molecule has 1 fully saturated rings. The number of aromatic amines is 1. The van der Waals surface area contributed by atoms with Gasteiger partial charge in [0.05, 0.1) is 16.3 Å². The summed E-state index contributed by atoms with van der Waals surface area (Å²) < 4.78 is 6.95. The molecule has 10 heteroatoms. The lowest BCUT2D eigenvalue weighted by atomic mass is 10.1. The number of hydrogen-bond donors (Lipinski definition) is 2. The fourth-order valence-electron chi connectivity index (χ4n) is 3.64. The van der Waals surface area contributed by atoms with Crippen LogP contribution in [0.4, 0.5) is 0 Å². The van der Waals surface area contributed by atoms with Crippen LogP contribution in [0.5, 0.6) is 17.2 Å². The highest BCUT2D eigenvalue weighted by atomic mass is 35.5. The van der Waals surface area contributed by atoms with Gasteiger partial charge in [0, 0.05) is 13.1 Å². The summed E-state index contributed by atoms with van der Waals surface area (Å²) in [5, 5.41) is 14.3. The van der Waals surface area contributed by atoms with Crippen molar-refractivity contribution in [2.24, 2.45) is 0 Å². The van der Waals surface area contributed by atoms with E-state index in [0.717, 1.165) is 30.1 Å². The third kappa shape index (κ3) is 4.38. The number of aryl methyl sites for hydroxylation is 1. The molecule has 0 atom stereocenters. The SMILES string of the molecule is Cc1cc(-n2ncc(=O)[nH]c2=O)cc(Cl)c1Oc1ccc(O)c(C(=O)N2CCCCC2)c1. The summed E-state index contributed by atoms with van der Waals surface area (Å²) in [7, 11) is 0. The summed E-state index contributed by atoms with van der Waals surface area (Å²) >= 11 is 6.41. The van der Waals surface area contributed by atoms with E-state index in [0.29, 0.717) is 35.8 Å². The largest absolute Gasteiger partial charge is 0.507 e. The van der Waals surface area contributed by atoms with Gasteiger partial charge in [-0.05, 0) is 62.1 Å². The van der Waals surface area contributed by atoms with Crippen LogP contribution in [-0.2, 0) is 0 Å². The zero-order valence-corrected chi connectivity index (χ0v) is 18.1. The molecule has 0 bridgehead atoms. The number of carbonyl (C=O) groups excluding carboxylic acids is 1. The van der Waals surface area contributed by atoms with Crippen molar-refractivity contribution < 1.29 is 14.6 Å². The van der Waals surface area contributed by atoms with E-state index in [1.54, 1.807) is 24.0 Å². The van der Waals surface area contributed by atoms with E-state index in [2.05, 4.69) is 10.1 Å². The fourth-order valence-corrected chi connectivity index (χ4v) is 3.94. The number of nitrogens with zero attached hydrogens (tertiary/aromatic N) is 3.